The first kappa shape index (κ1) is 24.2. The maximum atomic E-state index is 14.4. The average Bonchev–Trinajstić information content (AvgIpc) is 2.77. The van der Waals surface area contributed by atoms with Crippen molar-refractivity contribution in [3.63, 3.8) is 0 Å². The van der Waals surface area contributed by atoms with Gasteiger partial charge in [-0.05, 0) is 75.9 Å². The number of aromatic nitrogens is 1. The van der Waals surface area contributed by atoms with Gasteiger partial charge in [-0.1, -0.05) is 6.07 Å². The lowest BCUT2D eigenvalue weighted by Gasteiger charge is -2.35. The van der Waals surface area contributed by atoms with Crippen LogP contribution in [0.1, 0.15) is 45.6 Å². The van der Waals surface area contributed by atoms with Crippen LogP contribution in [0.15, 0.2) is 48.8 Å². The second-order valence-corrected chi connectivity index (χ2v) is 8.88. The minimum absolute atomic E-state index is 0.0794. The predicted molar refractivity (Wildman–Crippen MR) is 123 cm³/mol. The van der Waals surface area contributed by atoms with E-state index in [9.17, 15) is 14.0 Å². The van der Waals surface area contributed by atoms with Gasteiger partial charge in [0.1, 0.15) is 11.4 Å². The molecule has 0 saturated carbocycles. The molecule has 0 aliphatic carbocycles. The Morgan fingerprint density at radius 2 is 2.09 bits per heavy atom. The average molecular weight is 456 g/mol. The normalized spacial score (nSPS) is 16.5. The monoisotopic (exact) mass is 455 g/mol. The zero-order valence-electron chi connectivity index (χ0n) is 19.2. The van der Waals surface area contributed by atoms with E-state index in [-0.39, 0.29) is 17.7 Å². The fourth-order valence-corrected chi connectivity index (χ4v) is 3.52. The summed E-state index contributed by atoms with van der Waals surface area (Å²) >= 11 is 0. The van der Waals surface area contributed by atoms with E-state index < -0.39 is 17.5 Å². The highest BCUT2D eigenvalue weighted by molar-refractivity contribution is 5.92. The highest BCUT2D eigenvalue weighted by Gasteiger charge is 2.26. The zero-order valence-corrected chi connectivity index (χ0v) is 19.2. The van der Waals surface area contributed by atoms with Gasteiger partial charge in [-0.3, -0.25) is 9.78 Å². The number of ether oxygens (including phenoxy) is 2. The summed E-state index contributed by atoms with van der Waals surface area (Å²) < 4.78 is 25.2. The van der Waals surface area contributed by atoms with Crippen LogP contribution in [-0.2, 0) is 9.53 Å². The van der Waals surface area contributed by atoms with Crippen LogP contribution in [0.5, 0.6) is 11.5 Å². The van der Waals surface area contributed by atoms with E-state index >= 15 is 0 Å². The topological polar surface area (TPSA) is 80.8 Å². The molecular formula is C25H30FN3O4. The highest BCUT2D eigenvalue weighted by Crippen LogP contribution is 2.25. The van der Waals surface area contributed by atoms with Gasteiger partial charge in [0.05, 0.1) is 6.20 Å². The number of hydrogen-bond donors (Lipinski definition) is 1. The number of carbonyl (C=O) groups is 2. The summed E-state index contributed by atoms with van der Waals surface area (Å²) in [6.45, 7) is 6.33. The lowest BCUT2D eigenvalue weighted by molar-refractivity contribution is -0.129. The fourth-order valence-electron chi connectivity index (χ4n) is 3.52. The molecule has 1 aliphatic heterocycles. The summed E-state index contributed by atoms with van der Waals surface area (Å²) in [7, 11) is 0. The van der Waals surface area contributed by atoms with Gasteiger partial charge >= 0.3 is 6.09 Å². The molecule has 7 nitrogen and oxygen atoms in total. The Bertz CT molecular complexity index is 989. The Morgan fingerprint density at radius 3 is 2.79 bits per heavy atom. The number of hydrogen-bond acceptors (Lipinski definition) is 5. The van der Waals surface area contributed by atoms with Gasteiger partial charge in [0.25, 0.3) is 0 Å². The lowest BCUT2D eigenvalue weighted by atomic mass is 10.0. The first-order valence-electron chi connectivity index (χ1n) is 11.0. The number of carbonyl (C=O) groups excluding carboxylic acids is 2. The van der Waals surface area contributed by atoms with E-state index in [0.717, 1.165) is 19.3 Å². The Labute approximate surface area is 193 Å². The number of alkyl carbamates (subject to hydrolysis) is 1. The number of piperidine rings is 1. The summed E-state index contributed by atoms with van der Waals surface area (Å²) in [5.41, 5.74) is -0.0391. The maximum absolute atomic E-state index is 14.4. The number of likely N-dealkylation sites (tertiary alicyclic amines) is 1. The third kappa shape index (κ3) is 7.59. The van der Waals surface area contributed by atoms with Crippen molar-refractivity contribution in [2.75, 3.05) is 13.1 Å². The molecule has 1 atom stereocenters. The molecule has 1 unspecified atom stereocenters. The van der Waals surface area contributed by atoms with Crippen molar-refractivity contribution >= 4 is 18.1 Å². The summed E-state index contributed by atoms with van der Waals surface area (Å²) in [6.07, 6.45) is 8.29. The van der Waals surface area contributed by atoms with E-state index in [1.165, 1.54) is 24.4 Å². The van der Waals surface area contributed by atoms with Crippen molar-refractivity contribution in [2.45, 2.75) is 51.7 Å². The van der Waals surface area contributed by atoms with Crippen LogP contribution in [0.3, 0.4) is 0 Å². The van der Waals surface area contributed by atoms with Gasteiger partial charge in [0.15, 0.2) is 11.6 Å². The number of halogens is 1. The van der Waals surface area contributed by atoms with Crippen LogP contribution in [0.4, 0.5) is 9.18 Å². The molecule has 2 aromatic rings. The first-order valence-corrected chi connectivity index (χ1v) is 11.0. The number of benzene rings is 1. The molecule has 3 rings (SSSR count). The Hall–Kier alpha value is -3.42. The molecule has 0 spiro atoms. The van der Waals surface area contributed by atoms with E-state index in [2.05, 4.69) is 10.3 Å². The highest BCUT2D eigenvalue weighted by atomic mass is 19.1. The van der Waals surface area contributed by atoms with Gasteiger partial charge in [-0.15, -0.1) is 0 Å². The van der Waals surface area contributed by atoms with Crippen molar-refractivity contribution in [3.8, 4) is 11.5 Å². The summed E-state index contributed by atoms with van der Waals surface area (Å²) in [5.74, 6) is -0.200. The van der Waals surface area contributed by atoms with Gasteiger partial charge < -0.3 is 19.7 Å². The van der Waals surface area contributed by atoms with E-state index in [1.807, 2.05) is 0 Å². The van der Waals surface area contributed by atoms with E-state index in [1.54, 1.807) is 56.1 Å². The van der Waals surface area contributed by atoms with Crippen molar-refractivity contribution < 1.29 is 23.5 Å². The quantitative estimate of drug-likeness (QED) is 0.625. The Morgan fingerprint density at radius 1 is 1.27 bits per heavy atom. The maximum Gasteiger partial charge on any atom is 0.407 e. The Kier molecular flexibility index (Phi) is 8.03. The largest absolute Gasteiger partial charge is 0.453 e. The first-order chi connectivity index (χ1) is 15.7. The molecule has 1 fully saturated rings. The molecule has 0 radical (unpaired) electrons. The minimum Gasteiger partial charge on any atom is -0.453 e. The molecule has 1 aromatic carbocycles. The second kappa shape index (κ2) is 10.9. The van der Waals surface area contributed by atoms with Crippen molar-refractivity contribution in [2.24, 2.45) is 0 Å². The molecule has 1 aliphatic rings. The summed E-state index contributed by atoms with van der Waals surface area (Å²) in [5, 5.41) is 2.75. The van der Waals surface area contributed by atoms with E-state index in [0.29, 0.717) is 24.4 Å². The van der Waals surface area contributed by atoms with Crippen molar-refractivity contribution in [1.82, 2.24) is 15.2 Å². The molecule has 176 valence electrons. The van der Waals surface area contributed by atoms with Gasteiger partial charge in [0, 0.05) is 31.4 Å². The number of nitrogens with zero attached hydrogens (tertiary/aromatic N) is 2. The van der Waals surface area contributed by atoms with Crippen molar-refractivity contribution in [3.05, 3.63) is 60.2 Å². The van der Waals surface area contributed by atoms with Crippen LogP contribution in [0.2, 0.25) is 0 Å². The number of pyridine rings is 1. The standard InChI is InChI=1S/C25H30FN3O4/c1-25(2,3)33-24(31)28-16-19-7-4-5-14-29(19)23(30)12-10-18-9-11-22(21(26)15-18)32-20-8-6-13-27-17-20/h6,8-13,15,17,19H,4-5,7,14,16H2,1-3H3,(H,28,31)/b12-10+. The van der Waals surface area contributed by atoms with E-state index in [4.69, 9.17) is 9.47 Å². The molecule has 33 heavy (non-hydrogen) atoms. The summed E-state index contributed by atoms with van der Waals surface area (Å²) in [6, 6.07) is 7.78. The molecule has 1 saturated heterocycles. The third-order valence-corrected chi connectivity index (χ3v) is 5.03. The fraction of sp³-hybridized carbons (Fsp3) is 0.400. The number of rotatable bonds is 6. The molecule has 0 bridgehead atoms. The Balaban J connectivity index is 1.59. The SMILES string of the molecule is CC(C)(C)OC(=O)NCC1CCCCN1C(=O)/C=C/c1ccc(Oc2cccnc2)c(F)c1. The predicted octanol–water partition coefficient (Wildman–Crippen LogP) is 4.93. The molecule has 2 amide bonds. The van der Waals surface area contributed by atoms with Gasteiger partial charge in [0.2, 0.25) is 5.91 Å². The lowest BCUT2D eigenvalue weighted by Crippen LogP contribution is -2.49. The number of amides is 2. The third-order valence-electron chi connectivity index (χ3n) is 5.03. The number of nitrogens with one attached hydrogen (secondary N) is 1. The smallest absolute Gasteiger partial charge is 0.407 e. The van der Waals surface area contributed by atoms with Crippen LogP contribution in [-0.4, -0.2) is 46.6 Å². The van der Waals surface area contributed by atoms with Crippen LogP contribution in [0, 0.1) is 5.82 Å². The minimum atomic E-state index is -0.581. The molecular weight excluding hydrogens is 425 g/mol. The van der Waals surface area contributed by atoms with Crippen LogP contribution >= 0.6 is 0 Å². The van der Waals surface area contributed by atoms with Crippen LogP contribution in [0.25, 0.3) is 6.08 Å². The van der Waals surface area contributed by atoms with Gasteiger partial charge in [-0.25, -0.2) is 9.18 Å². The van der Waals surface area contributed by atoms with Crippen molar-refractivity contribution in [1.29, 1.82) is 0 Å². The molecule has 1 aromatic heterocycles. The van der Waals surface area contributed by atoms with Crippen LogP contribution < -0.4 is 10.1 Å². The van der Waals surface area contributed by atoms with Gasteiger partial charge in [-0.2, -0.15) is 0 Å². The molecule has 2 heterocycles. The second-order valence-electron chi connectivity index (χ2n) is 8.88. The molecule has 8 heteroatoms. The molecule has 1 N–H and O–H groups in total. The zero-order chi connectivity index (χ0) is 23.8. The summed E-state index contributed by atoms with van der Waals surface area (Å²) in [4.78, 5) is 30.5.